The van der Waals surface area contributed by atoms with Crippen LogP contribution in [0, 0.1) is 10.1 Å². The molecule has 0 saturated heterocycles. The van der Waals surface area contributed by atoms with Crippen molar-refractivity contribution in [3.8, 4) is 5.75 Å². The molecule has 0 radical (unpaired) electrons. The molecule has 0 bridgehead atoms. The van der Waals surface area contributed by atoms with Crippen molar-refractivity contribution >= 4 is 11.7 Å². The average molecular weight is 278 g/mol. The number of hydrogen-bond donors (Lipinski definition) is 1. The van der Waals surface area contributed by atoms with Gasteiger partial charge in [0.1, 0.15) is 12.3 Å². The van der Waals surface area contributed by atoms with Crippen molar-refractivity contribution in [2.45, 2.75) is 6.61 Å². The van der Waals surface area contributed by atoms with Crippen molar-refractivity contribution in [1.29, 1.82) is 0 Å². The molecule has 1 aromatic carbocycles. The maximum atomic E-state index is 10.9. The first-order chi connectivity index (χ1) is 9.47. The summed E-state index contributed by atoms with van der Waals surface area (Å²) in [6.45, 7) is -0.0439. The van der Waals surface area contributed by atoms with E-state index in [1.165, 1.54) is 4.68 Å². The number of rotatable bonds is 5. The summed E-state index contributed by atoms with van der Waals surface area (Å²) in [5.41, 5.74) is 0.0752. The fourth-order valence-corrected chi connectivity index (χ4v) is 1.53. The zero-order chi connectivity index (χ0) is 14.7. The topological polar surface area (TPSA) is 120 Å². The fourth-order valence-electron chi connectivity index (χ4n) is 1.53. The minimum Gasteiger partial charge on any atom is -0.480 e. The highest BCUT2D eigenvalue weighted by Crippen LogP contribution is 2.28. The molecule has 0 fully saturated rings. The third-order valence-electron chi connectivity index (χ3n) is 2.43. The Morgan fingerprint density at radius 2 is 2.30 bits per heavy atom. The Morgan fingerprint density at radius 3 is 2.85 bits per heavy atom. The Hall–Kier alpha value is -2.97. The second-order valence-electron chi connectivity index (χ2n) is 3.92. The van der Waals surface area contributed by atoms with Crippen LogP contribution in [0.3, 0.4) is 0 Å². The van der Waals surface area contributed by atoms with Crippen molar-refractivity contribution in [3.05, 3.63) is 45.8 Å². The molecule has 0 atom stereocenters. The largest absolute Gasteiger partial charge is 0.480 e. The maximum absolute atomic E-state index is 10.9. The van der Waals surface area contributed by atoms with Crippen LogP contribution < -0.4 is 4.74 Å². The molecule has 0 spiro atoms. The summed E-state index contributed by atoms with van der Waals surface area (Å²) in [5, 5.41) is 27.2. The summed E-state index contributed by atoms with van der Waals surface area (Å²) in [7, 11) is 1.67. The van der Waals surface area contributed by atoms with Crippen LogP contribution in [0.1, 0.15) is 16.1 Å². The summed E-state index contributed by atoms with van der Waals surface area (Å²) in [6, 6.07) is 3.35. The van der Waals surface area contributed by atoms with Crippen LogP contribution in [0.4, 0.5) is 5.69 Å². The first kappa shape index (κ1) is 13.5. The standard InChI is InChI=1S/C11H10N4O5/c1-14-5-8(12-13-14)6-20-10-4-7(11(16)17)2-3-9(10)15(18)19/h2-5H,6H2,1H3,(H,16,17). The monoisotopic (exact) mass is 278 g/mol. The van der Waals surface area contributed by atoms with Gasteiger partial charge in [0.05, 0.1) is 16.7 Å². The second kappa shape index (κ2) is 5.34. The van der Waals surface area contributed by atoms with Crippen LogP contribution in [0.5, 0.6) is 5.75 Å². The van der Waals surface area contributed by atoms with Gasteiger partial charge in [-0.15, -0.1) is 5.10 Å². The normalized spacial score (nSPS) is 10.2. The molecule has 1 aromatic heterocycles. The van der Waals surface area contributed by atoms with Gasteiger partial charge in [-0.25, -0.2) is 4.79 Å². The lowest BCUT2D eigenvalue weighted by atomic mass is 10.2. The van der Waals surface area contributed by atoms with Crippen molar-refractivity contribution in [3.63, 3.8) is 0 Å². The molecule has 9 nitrogen and oxygen atoms in total. The van der Waals surface area contributed by atoms with Crippen molar-refractivity contribution in [2.75, 3.05) is 0 Å². The summed E-state index contributed by atoms with van der Waals surface area (Å²) >= 11 is 0. The van der Waals surface area contributed by atoms with Gasteiger partial charge in [-0.3, -0.25) is 14.8 Å². The number of benzene rings is 1. The molecule has 1 N–H and O–H groups in total. The lowest BCUT2D eigenvalue weighted by molar-refractivity contribution is -0.385. The number of carboxylic acid groups (broad SMARTS) is 1. The van der Waals surface area contributed by atoms with Gasteiger partial charge in [0, 0.05) is 19.2 Å². The average Bonchev–Trinajstić information content (AvgIpc) is 2.81. The van der Waals surface area contributed by atoms with E-state index in [1.54, 1.807) is 13.2 Å². The van der Waals surface area contributed by atoms with Crippen molar-refractivity contribution in [2.24, 2.45) is 7.05 Å². The van der Waals surface area contributed by atoms with E-state index in [4.69, 9.17) is 9.84 Å². The van der Waals surface area contributed by atoms with Crippen LogP contribution in [0.2, 0.25) is 0 Å². The zero-order valence-corrected chi connectivity index (χ0v) is 10.4. The third-order valence-corrected chi connectivity index (χ3v) is 2.43. The Balaban J connectivity index is 2.25. The number of nitrogens with zero attached hydrogens (tertiary/aromatic N) is 4. The van der Waals surface area contributed by atoms with Crippen LogP contribution in [0.25, 0.3) is 0 Å². The number of aromatic nitrogens is 3. The van der Waals surface area contributed by atoms with Gasteiger partial charge in [0.15, 0.2) is 5.75 Å². The first-order valence-corrected chi connectivity index (χ1v) is 5.47. The lowest BCUT2D eigenvalue weighted by Gasteiger charge is -2.05. The highest BCUT2D eigenvalue weighted by Gasteiger charge is 2.18. The molecule has 2 aromatic rings. The molecule has 0 aliphatic rings. The SMILES string of the molecule is Cn1cc(COc2cc(C(=O)O)ccc2[N+](=O)[O-])nn1. The van der Waals surface area contributed by atoms with E-state index in [2.05, 4.69) is 10.3 Å². The number of hydrogen-bond acceptors (Lipinski definition) is 6. The number of ether oxygens (including phenoxy) is 1. The predicted octanol–water partition coefficient (Wildman–Crippen LogP) is 1.00. The van der Waals surface area contributed by atoms with Crippen LogP contribution in [0.15, 0.2) is 24.4 Å². The number of carboxylic acids is 1. The van der Waals surface area contributed by atoms with E-state index < -0.39 is 10.9 Å². The van der Waals surface area contributed by atoms with Crippen LogP contribution >= 0.6 is 0 Å². The molecule has 0 amide bonds. The minimum atomic E-state index is -1.19. The van der Waals surface area contributed by atoms with E-state index in [-0.39, 0.29) is 23.6 Å². The smallest absolute Gasteiger partial charge is 0.335 e. The number of nitro groups is 1. The summed E-state index contributed by atoms with van der Waals surface area (Å²) in [6.07, 6.45) is 1.59. The van der Waals surface area contributed by atoms with Gasteiger partial charge in [0.25, 0.3) is 0 Å². The van der Waals surface area contributed by atoms with E-state index in [0.29, 0.717) is 5.69 Å². The van der Waals surface area contributed by atoms with Crippen LogP contribution in [-0.4, -0.2) is 31.0 Å². The highest BCUT2D eigenvalue weighted by molar-refractivity contribution is 5.88. The highest BCUT2D eigenvalue weighted by atomic mass is 16.6. The Morgan fingerprint density at radius 1 is 1.55 bits per heavy atom. The van der Waals surface area contributed by atoms with E-state index >= 15 is 0 Å². The molecule has 0 aliphatic heterocycles. The molecule has 0 aliphatic carbocycles. The molecule has 0 unspecified atom stereocenters. The third kappa shape index (κ3) is 2.88. The summed E-state index contributed by atoms with van der Waals surface area (Å²) in [4.78, 5) is 21.1. The maximum Gasteiger partial charge on any atom is 0.335 e. The number of carbonyl (C=O) groups is 1. The molecule has 9 heteroatoms. The Kier molecular flexibility index (Phi) is 3.60. The first-order valence-electron chi connectivity index (χ1n) is 5.47. The molecule has 0 saturated carbocycles. The van der Waals surface area contributed by atoms with E-state index in [9.17, 15) is 14.9 Å². The second-order valence-corrected chi connectivity index (χ2v) is 3.92. The molecule has 104 valence electrons. The molecular weight excluding hydrogens is 268 g/mol. The molecule has 2 rings (SSSR count). The van der Waals surface area contributed by atoms with Gasteiger partial charge >= 0.3 is 11.7 Å². The predicted molar refractivity (Wildman–Crippen MR) is 65.4 cm³/mol. The van der Waals surface area contributed by atoms with Gasteiger partial charge in [0.2, 0.25) is 0 Å². The van der Waals surface area contributed by atoms with Crippen molar-refractivity contribution < 1.29 is 19.6 Å². The van der Waals surface area contributed by atoms with Gasteiger partial charge in [-0.05, 0) is 6.07 Å². The van der Waals surface area contributed by atoms with E-state index in [0.717, 1.165) is 18.2 Å². The number of nitro benzene ring substituents is 1. The number of aromatic carboxylic acids is 1. The van der Waals surface area contributed by atoms with Gasteiger partial charge < -0.3 is 9.84 Å². The van der Waals surface area contributed by atoms with Crippen molar-refractivity contribution in [1.82, 2.24) is 15.0 Å². The summed E-state index contributed by atoms with van der Waals surface area (Å²) in [5.74, 6) is -1.31. The zero-order valence-electron chi connectivity index (χ0n) is 10.4. The van der Waals surface area contributed by atoms with Crippen LogP contribution in [-0.2, 0) is 13.7 Å². The fraction of sp³-hybridized carbons (Fsp3) is 0.182. The molecule has 20 heavy (non-hydrogen) atoms. The minimum absolute atomic E-state index is 0.0439. The number of aryl methyl sites for hydroxylation is 1. The summed E-state index contributed by atoms with van der Waals surface area (Å²) < 4.78 is 6.73. The Labute approximate surface area is 112 Å². The Bertz CT molecular complexity index is 667. The molecular formula is C11H10N4O5. The van der Waals surface area contributed by atoms with Gasteiger partial charge in [-0.1, -0.05) is 5.21 Å². The lowest BCUT2D eigenvalue weighted by Crippen LogP contribution is -2.02. The quantitative estimate of drug-likeness (QED) is 0.639. The van der Waals surface area contributed by atoms with E-state index in [1.807, 2.05) is 0 Å². The molecule has 1 heterocycles. The van der Waals surface area contributed by atoms with Gasteiger partial charge in [-0.2, -0.15) is 0 Å².